The van der Waals surface area contributed by atoms with E-state index in [1.807, 2.05) is 0 Å². The standard InChI is InChI=1S/C25H22Cl2N2O6S/c1-14-9-16(35-21-7-8-28-20-13-23(33-3)22(32-2)12-17(20)21)5-6-19(14)29-36(30,31)24-11-15(26)10-18(27)25(24)34-4/h5-13,29H,1-4H3. The first kappa shape index (κ1) is 25.7. The Hall–Kier alpha value is -3.40. The zero-order valence-corrected chi connectivity index (χ0v) is 22.1. The molecule has 0 bridgehead atoms. The number of benzene rings is 3. The minimum Gasteiger partial charge on any atom is -0.494 e. The molecule has 0 aliphatic carbocycles. The summed E-state index contributed by atoms with van der Waals surface area (Å²) in [5, 5.41) is 0.979. The monoisotopic (exact) mass is 548 g/mol. The van der Waals surface area contributed by atoms with Crippen molar-refractivity contribution in [2.24, 2.45) is 0 Å². The lowest BCUT2D eigenvalue weighted by Gasteiger charge is -2.16. The van der Waals surface area contributed by atoms with E-state index in [1.165, 1.54) is 19.2 Å². The van der Waals surface area contributed by atoms with E-state index >= 15 is 0 Å². The molecule has 188 valence electrons. The van der Waals surface area contributed by atoms with Gasteiger partial charge in [0.25, 0.3) is 10.0 Å². The summed E-state index contributed by atoms with van der Waals surface area (Å²) >= 11 is 12.1. The molecule has 3 aromatic carbocycles. The zero-order chi connectivity index (χ0) is 26.0. The van der Waals surface area contributed by atoms with E-state index in [9.17, 15) is 8.42 Å². The molecule has 8 nitrogen and oxygen atoms in total. The minimum atomic E-state index is -4.06. The minimum absolute atomic E-state index is 0.00259. The average Bonchev–Trinajstić information content (AvgIpc) is 2.84. The van der Waals surface area contributed by atoms with Crippen LogP contribution in [0.5, 0.6) is 28.7 Å². The van der Waals surface area contributed by atoms with Gasteiger partial charge in [0.15, 0.2) is 17.2 Å². The number of aromatic nitrogens is 1. The van der Waals surface area contributed by atoms with Crippen LogP contribution in [-0.2, 0) is 10.0 Å². The summed E-state index contributed by atoms with van der Waals surface area (Å²) in [5.74, 6) is 2.15. The van der Waals surface area contributed by atoms with Crippen LogP contribution in [0.3, 0.4) is 0 Å². The molecule has 0 unspecified atom stereocenters. The first-order valence-corrected chi connectivity index (χ1v) is 12.8. The number of fused-ring (bicyclic) bond motifs is 1. The second-order valence-corrected chi connectivity index (χ2v) is 10.1. The van der Waals surface area contributed by atoms with Crippen molar-refractivity contribution >= 4 is 49.8 Å². The van der Waals surface area contributed by atoms with Crippen molar-refractivity contribution in [3.05, 3.63) is 70.3 Å². The van der Waals surface area contributed by atoms with Gasteiger partial charge in [0.05, 0.1) is 37.6 Å². The van der Waals surface area contributed by atoms with Crippen molar-refractivity contribution in [2.45, 2.75) is 11.8 Å². The number of ether oxygens (including phenoxy) is 4. The van der Waals surface area contributed by atoms with E-state index < -0.39 is 10.0 Å². The summed E-state index contributed by atoms with van der Waals surface area (Å²) in [4.78, 5) is 4.20. The highest BCUT2D eigenvalue weighted by Gasteiger charge is 2.24. The Kier molecular flexibility index (Phi) is 7.35. The van der Waals surface area contributed by atoms with Gasteiger partial charge in [0, 0.05) is 22.7 Å². The van der Waals surface area contributed by atoms with Crippen LogP contribution in [0, 0.1) is 6.92 Å². The van der Waals surface area contributed by atoms with Crippen LogP contribution in [-0.4, -0.2) is 34.7 Å². The maximum atomic E-state index is 13.1. The molecule has 0 radical (unpaired) electrons. The third-order valence-electron chi connectivity index (χ3n) is 5.34. The molecule has 11 heteroatoms. The largest absolute Gasteiger partial charge is 0.494 e. The van der Waals surface area contributed by atoms with Gasteiger partial charge >= 0.3 is 0 Å². The van der Waals surface area contributed by atoms with Crippen molar-refractivity contribution in [1.29, 1.82) is 0 Å². The number of methoxy groups -OCH3 is 3. The number of hydrogen-bond acceptors (Lipinski definition) is 7. The molecular weight excluding hydrogens is 527 g/mol. The van der Waals surface area contributed by atoms with E-state index in [1.54, 1.807) is 63.7 Å². The van der Waals surface area contributed by atoms with Gasteiger partial charge < -0.3 is 18.9 Å². The highest BCUT2D eigenvalue weighted by atomic mass is 35.5. The summed E-state index contributed by atoms with van der Waals surface area (Å²) in [6.45, 7) is 1.76. The molecule has 0 saturated carbocycles. The molecule has 0 atom stereocenters. The topological polar surface area (TPSA) is 96.0 Å². The van der Waals surface area contributed by atoms with E-state index in [0.717, 1.165) is 5.39 Å². The number of rotatable bonds is 8. The molecule has 1 aromatic heterocycles. The van der Waals surface area contributed by atoms with Crippen LogP contribution in [0.4, 0.5) is 5.69 Å². The van der Waals surface area contributed by atoms with Crippen LogP contribution in [0.15, 0.2) is 59.6 Å². The van der Waals surface area contributed by atoms with Gasteiger partial charge in [0.1, 0.15) is 16.4 Å². The van der Waals surface area contributed by atoms with Crippen molar-refractivity contribution in [1.82, 2.24) is 4.98 Å². The summed E-state index contributed by atoms with van der Waals surface area (Å²) in [7, 11) is 0.384. The molecule has 0 saturated heterocycles. The molecule has 0 amide bonds. The summed E-state index contributed by atoms with van der Waals surface area (Å²) in [6.07, 6.45) is 1.63. The molecule has 0 aliphatic rings. The molecule has 4 aromatic rings. The number of aryl methyl sites for hydroxylation is 1. The third kappa shape index (κ3) is 5.09. The predicted molar refractivity (Wildman–Crippen MR) is 140 cm³/mol. The van der Waals surface area contributed by atoms with Crippen molar-refractivity contribution in [3.63, 3.8) is 0 Å². The maximum absolute atomic E-state index is 13.1. The highest BCUT2D eigenvalue weighted by Crippen LogP contribution is 2.39. The Balaban J connectivity index is 1.64. The maximum Gasteiger partial charge on any atom is 0.265 e. The van der Waals surface area contributed by atoms with Gasteiger partial charge in [-0.1, -0.05) is 23.2 Å². The van der Waals surface area contributed by atoms with Crippen molar-refractivity contribution in [3.8, 4) is 28.7 Å². The number of nitrogens with one attached hydrogen (secondary N) is 1. The first-order valence-electron chi connectivity index (χ1n) is 10.5. The smallest absolute Gasteiger partial charge is 0.265 e. The molecule has 0 spiro atoms. The van der Waals surface area contributed by atoms with E-state index in [4.69, 9.17) is 42.1 Å². The Morgan fingerprint density at radius 2 is 1.58 bits per heavy atom. The number of hydrogen-bond donors (Lipinski definition) is 1. The number of nitrogens with zero attached hydrogens (tertiary/aromatic N) is 1. The Labute approximate surface area is 218 Å². The number of halogens is 2. The lowest BCUT2D eigenvalue weighted by molar-refractivity contribution is 0.355. The van der Waals surface area contributed by atoms with E-state index in [2.05, 4.69) is 9.71 Å². The lowest BCUT2D eigenvalue weighted by atomic mass is 10.1. The average molecular weight is 549 g/mol. The molecule has 1 N–H and O–H groups in total. The Bertz CT molecular complexity index is 1560. The Morgan fingerprint density at radius 1 is 0.861 bits per heavy atom. The van der Waals surface area contributed by atoms with Gasteiger partial charge in [-0.15, -0.1) is 0 Å². The summed E-state index contributed by atoms with van der Waals surface area (Å²) in [5.41, 5.74) is 1.65. The van der Waals surface area contributed by atoms with E-state index in [0.29, 0.717) is 39.8 Å². The molecule has 0 fully saturated rings. The molecule has 4 rings (SSSR count). The quantitative estimate of drug-likeness (QED) is 0.269. The van der Waals surface area contributed by atoms with Crippen LogP contribution in [0.1, 0.15) is 5.56 Å². The molecule has 0 aliphatic heterocycles. The zero-order valence-electron chi connectivity index (χ0n) is 19.8. The second kappa shape index (κ2) is 10.3. The SMILES string of the molecule is COc1cc2nccc(Oc3ccc(NS(=O)(=O)c4cc(Cl)cc(Cl)c4OC)c(C)c3)c2cc1OC. The molecular formula is C25H22Cl2N2O6S. The van der Waals surface area contributed by atoms with Gasteiger partial charge in [-0.3, -0.25) is 9.71 Å². The van der Waals surface area contributed by atoms with Crippen molar-refractivity contribution in [2.75, 3.05) is 26.1 Å². The van der Waals surface area contributed by atoms with Crippen LogP contribution in [0.25, 0.3) is 10.9 Å². The first-order chi connectivity index (χ1) is 17.2. The van der Waals surface area contributed by atoms with Crippen LogP contribution >= 0.6 is 23.2 Å². The third-order valence-corrected chi connectivity index (χ3v) is 7.21. The fourth-order valence-corrected chi connectivity index (χ4v) is 5.65. The summed E-state index contributed by atoms with van der Waals surface area (Å²) < 4.78 is 50.8. The van der Waals surface area contributed by atoms with Crippen LogP contribution < -0.4 is 23.7 Å². The highest BCUT2D eigenvalue weighted by molar-refractivity contribution is 7.92. The predicted octanol–water partition coefficient (Wildman–Crippen LogP) is 6.47. The Morgan fingerprint density at radius 3 is 2.25 bits per heavy atom. The van der Waals surface area contributed by atoms with Gasteiger partial charge in [0.2, 0.25) is 0 Å². The number of anilines is 1. The van der Waals surface area contributed by atoms with Gasteiger partial charge in [-0.05, 0) is 55.0 Å². The number of sulfonamides is 1. The van der Waals surface area contributed by atoms with Crippen LogP contribution in [0.2, 0.25) is 10.0 Å². The summed E-state index contributed by atoms with van der Waals surface area (Å²) in [6, 6.07) is 12.9. The fourth-order valence-electron chi connectivity index (χ4n) is 3.61. The fraction of sp³-hybridized carbons (Fsp3) is 0.160. The molecule has 1 heterocycles. The normalized spacial score (nSPS) is 11.3. The lowest BCUT2D eigenvalue weighted by Crippen LogP contribution is -2.15. The molecule has 36 heavy (non-hydrogen) atoms. The van der Waals surface area contributed by atoms with E-state index in [-0.39, 0.29) is 20.7 Å². The number of pyridine rings is 1. The van der Waals surface area contributed by atoms with Gasteiger partial charge in [-0.25, -0.2) is 8.42 Å². The van der Waals surface area contributed by atoms with Crippen molar-refractivity contribution < 1.29 is 27.4 Å². The van der Waals surface area contributed by atoms with Gasteiger partial charge in [-0.2, -0.15) is 0 Å². The second-order valence-electron chi connectivity index (χ2n) is 7.64.